The average molecular weight is 524 g/mol. The number of piperidine rings is 1. The molecule has 4 rings (SSSR count). The molecule has 1 saturated heterocycles. The first kappa shape index (κ1) is 27.6. The molecule has 0 spiro atoms. The smallest absolute Gasteiger partial charge is 0.410 e. The van der Waals surface area contributed by atoms with Gasteiger partial charge in [-0.1, -0.05) is 49.6 Å². The minimum absolute atomic E-state index is 0.0259. The number of aryl methyl sites for hydroxylation is 1. The van der Waals surface area contributed by atoms with E-state index in [1.807, 2.05) is 31.2 Å². The number of ether oxygens (including phenoxy) is 1. The number of carbonyl (C=O) groups is 3. The van der Waals surface area contributed by atoms with Crippen LogP contribution in [0.3, 0.4) is 0 Å². The molecule has 2 fully saturated rings. The van der Waals surface area contributed by atoms with Crippen LogP contribution in [0.2, 0.25) is 0 Å². The van der Waals surface area contributed by atoms with E-state index >= 15 is 0 Å². The van der Waals surface area contributed by atoms with Crippen molar-refractivity contribution >= 4 is 23.6 Å². The Hall–Kier alpha value is -3.42. The fraction of sp³-hybridized carbons (Fsp3) is 0.500. The minimum atomic E-state index is -1.03. The number of hydrogen-bond donors (Lipinski definition) is 1. The number of carbonyl (C=O) groups excluding carboxylic acids is 3. The number of benzene rings is 2. The summed E-state index contributed by atoms with van der Waals surface area (Å²) in [4.78, 5) is 44.1. The zero-order chi connectivity index (χ0) is 27.1. The molecule has 3 amide bonds. The van der Waals surface area contributed by atoms with Crippen molar-refractivity contribution in [3.05, 3.63) is 65.5 Å². The molecular weight excluding hydrogens is 485 g/mol. The fourth-order valence-electron chi connectivity index (χ4n) is 5.62. The molecule has 0 bridgehead atoms. The summed E-state index contributed by atoms with van der Waals surface area (Å²) in [6, 6.07) is 11.4. The monoisotopic (exact) mass is 523 g/mol. The second-order valence-corrected chi connectivity index (χ2v) is 10.2. The van der Waals surface area contributed by atoms with Crippen LogP contribution in [0.1, 0.15) is 75.5 Å². The largest absolute Gasteiger partial charge is 0.450 e. The summed E-state index contributed by atoms with van der Waals surface area (Å²) in [7, 11) is 0. The van der Waals surface area contributed by atoms with Crippen LogP contribution in [-0.2, 0) is 14.3 Å². The summed E-state index contributed by atoms with van der Waals surface area (Å²) in [6.07, 6.45) is 6.41. The number of nitrogens with one attached hydrogen (secondary N) is 1. The third kappa shape index (κ3) is 6.34. The van der Waals surface area contributed by atoms with E-state index in [9.17, 15) is 18.8 Å². The lowest BCUT2D eigenvalue weighted by atomic mass is 9.93. The molecule has 1 saturated carbocycles. The molecule has 1 heterocycles. The lowest BCUT2D eigenvalue weighted by Gasteiger charge is -2.40. The average Bonchev–Trinajstić information content (AvgIpc) is 2.92. The van der Waals surface area contributed by atoms with Gasteiger partial charge in [0.15, 0.2) is 0 Å². The fourth-order valence-corrected chi connectivity index (χ4v) is 5.62. The lowest BCUT2D eigenvalue weighted by molar-refractivity contribution is -0.130. The Morgan fingerprint density at radius 3 is 2.47 bits per heavy atom. The highest BCUT2D eigenvalue weighted by Gasteiger charge is 2.42. The third-order valence-corrected chi connectivity index (χ3v) is 7.56. The number of hydrogen-bond acceptors (Lipinski definition) is 4. The molecule has 38 heavy (non-hydrogen) atoms. The van der Waals surface area contributed by atoms with Gasteiger partial charge < -0.3 is 10.1 Å². The van der Waals surface area contributed by atoms with Gasteiger partial charge in [0.05, 0.1) is 6.61 Å². The van der Waals surface area contributed by atoms with Crippen molar-refractivity contribution < 1.29 is 23.5 Å². The van der Waals surface area contributed by atoms with E-state index in [1.54, 1.807) is 13.0 Å². The van der Waals surface area contributed by atoms with Crippen molar-refractivity contribution in [3.8, 4) is 0 Å². The number of rotatable bonds is 7. The van der Waals surface area contributed by atoms with Crippen LogP contribution < -0.4 is 10.2 Å². The molecule has 2 atom stereocenters. The zero-order valence-corrected chi connectivity index (χ0v) is 22.3. The first-order valence-corrected chi connectivity index (χ1v) is 13.8. The molecule has 1 N–H and O–H groups in total. The van der Waals surface area contributed by atoms with Gasteiger partial charge in [-0.2, -0.15) is 0 Å². The summed E-state index contributed by atoms with van der Waals surface area (Å²) in [5, 5.41) is 3.19. The van der Waals surface area contributed by atoms with Gasteiger partial charge in [-0.05, 0) is 75.3 Å². The minimum Gasteiger partial charge on any atom is -0.450 e. The van der Waals surface area contributed by atoms with E-state index in [4.69, 9.17) is 4.74 Å². The number of nitrogens with zero attached hydrogens (tertiary/aromatic N) is 2. The van der Waals surface area contributed by atoms with Crippen LogP contribution in [0.15, 0.2) is 48.5 Å². The predicted octanol–water partition coefficient (Wildman–Crippen LogP) is 5.67. The Morgan fingerprint density at radius 2 is 1.76 bits per heavy atom. The van der Waals surface area contributed by atoms with Crippen LogP contribution in [0, 0.1) is 12.7 Å². The van der Waals surface area contributed by atoms with E-state index in [0.29, 0.717) is 18.5 Å². The van der Waals surface area contributed by atoms with Crippen LogP contribution >= 0.6 is 0 Å². The maximum Gasteiger partial charge on any atom is 0.410 e. The van der Waals surface area contributed by atoms with Gasteiger partial charge in [0.25, 0.3) is 5.91 Å². The molecule has 2 aromatic rings. The molecule has 204 valence electrons. The summed E-state index contributed by atoms with van der Waals surface area (Å²) in [6.45, 7) is 4.20. The zero-order valence-electron chi connectivity index (χ0n) is 22.3. The van der Waals surface area contributed by atoms with Crippen LogP contribution in [0.25, 0.3) is 0 Å². The van der Waals surface area contributed by atoms with Gasteiger partial charge in [0.2, 0.25) is 5.91 Å². The van der Waals surface area contributed by atoms with Gasteiger partial charge in [0.1, 0.15) is 17.9 Å². The second kappa shape index (κ2) is 12.9. The highest BCUT2D eigenvalue weighted by Crippen LogP contribution is 2.34. The maximum absolute atomic E-state index is 14.5. The Morgan fingerprint density at radius 1 is 1.03 bits per heavy atom. The quantitative estimate of drug-likeness (QED) is 0.507. The van der Waals surface area contributed by atoms with Crippen LogP contribution in [0.5, 0.6) is 0 Å². The second-order valence-electron chi connectivity index (χ2n) is 10.2. The van der Waals surface area contributed by atoms with Crippen molar-refractivity contribution in [2.45, 2.75) is 83.3 Å². The Labute approximate surface area is 224 Å². The molecule has 2 aliphatic rings. The van der Waals surface area contributed by atoms with Gasteiger partial charge in [0, 0.05) is 18.3 Å². The van der Waals surface area contributed by atoms with Crippen molar-refractivity contribution in [2.75, 3.05) is 18.1 Å². The Balaban J connectivity index is 1.80. The Bertz CT molecular complexity index is 1130. The first-order valence-electron chi connectivity index (χ1n) is 13.8. The third-order valence-electron chi connectivity index (χ3n) is 7.56. The van der Waals surface area contributed by atoms with Crippen molar-refractivity contribution in [3.63, 3.8) is 0 Å². The van der Waals surface area contributed by atoms with E-state index in [0.717, 1.165) is 50.5 Å². The summed E-state index contributed by atoms with van der Waals surface area (Å²) in [5.41, 5.74) is 1.78. The maximum atomic E-state index is 14.5. The molecule has 1 aliphatic heterocycles. The molecule has 0 radical (unpaired) electrons. The van der Waals surface area contributed by atoms with E-state index in [2.05, 4.69) is 5.32 Å². The van der Waals surface area contributed by atoms with Crippen molar-refractivity contribution in [1.82, 2.24) is 10.2 Å². The number of anilines is 1. The summed E-state index contributed by atoms with van der Waals surface area (Å²) < 4.78 is 19.8. The summed E-state index contributed by atoms with van der Waals surface area (Å²) in [5.74, 6) is -1.24. The SMILES string of the molecule is CCOC(=O)N1CCCC[C@H]1C(=O)N(c1cccc(F)c1)C(C(=O)NC1CCCCC1)c1ccccc1C. The van der Waals surface area contributed by atoms with Crippen LogP contribution in [-0.4, -0.2) is 48.0 Å². The number of amides is 3. The number of likely N-dealkylation sites (tertiary alicyclic amines) is 1. The van der Waals surface area contributed by atoms with E-state index in [1.165, 1.54) is 28.0 Å². The highest BCUT2D eigenvalue weighted by molar-refractivity contribution is 6.04. The predicted molar refractivity (Wildman–Crippen MR) is 144 cm³/mol. The van der Waals surface area contributed by atoms with Gasteiger partial charge in [-0.25, -0.2) is 9.18 Å². The van der Waals surface area contributed by atoms with Crippen molar-refractivity contribution in [1.29, 1.82) is 0 Å². The van der Waals surface area contributed by atoms with Gasteiger partial charge in [-0.3, -0.25) is 19.4 Å². The van der Waals surface area contributed by atoms with Gasteiger partial charge >= 0.3 is 6.09 Å². The molecule has 0 aromatic heterocycles. The molecule has 1 aliphatic carbocycles. The molecule has 8 heteroatoms. The van der Waals surface area contributed by atoms with E-state index in [-0.39, 0.29) is 24.2 Å². The first-order chi connectivity index (χ1) is 18.4. The number of halogens is 1. The summed E-state index contributed by atoms with van der Waals surface area (Å²) >= 11 is 0. The molecular formula is C30H38FN3O4. The molecule has 2 aromatic carbocycles. The highest BCUT2D eigenvalue weighted by atomic mass is 19.1. The van der Waals surface area contributed by atoms with Crippen LogP contribution in [0.4, 0.5) is 14.9 Å². The topological polar surface area (TPSA) is 79.0 Å². The Kier molecular flexibility index (Phi) is 9.37. The standard InChI is InChI=1S/C30H38FN3O4/c1-3-38-30(37)33-19-10-9-18-26(33)29(36)34(24-16-11-13-22(31)20-24)27(25-17-8-7-12-21(25)2)28(35)32-23-14-5-4-6-15-23/h7-8,11-13,16-17,20,23,26-27H,3-6,9-10,14-15,18-19H2,1-2H3,(H,32,35)/t26-,27?/m0/s1. The van der Waals surface area contributed by atoms with Crippen molar-refractivity contribution in [2.24, 2.45) is 0 Å². The van der Waals surface area contributed by atoms with E-state index < -0.39 is 29.9 Å². The lowest BCUT2D eigenvalue weighted by Crippen LogP contribution is -2.56. The molecule has 7 nitrogen and oxygen atoms in total. The molecule has 1 unspecified atom stereocenters. The van der Waals surface area contributed by atoms with Gasteiger partial charge in [-0.15, -0.1) is 0 Å². The normalized spacial score (nSPS) is 18.9.